The second kappa shape index (κ2) is 12.0. The van der Waals surface area contributed by atoms with Gasteiger partial charge in [0.25, 0.3) is 5.56 Å². The number of rotatable bonds is 11. The molecule has 1 unspecified atom stereocenters. The van der Waals surface area contributed by atoms with Gasteiger partial charge in [0.1, 0.15) is 33.4 Å². The number of nitrogens with zero attached hydrogens (tertiary/aromatic N) is 3. The van der Waals surface area contributed by atoms with Gasteiger partial charge in [0.05, 0.1) is 44.7 Å². The van der Waals surface area contributed by atoms with Gasteiger partial charge in [-0.2, -0.15) is 5.26 Å². The summed E-state index contributed by atoms with van der Waals surface area (Å²) in [6.07, 6.45) is -1.000. The fourth-order valence-electron chi connectivity index (χ4n) is 4.00. The molecule has 0 fully saturated rings. The number of thiophene rings is 1. The Bertz CT molecular complexity index is 1540. The number of benzene rings is 1. The molecule has 3 rings (SSSR count). The molecule has 13 heteroatoms. The molecule has 1 amide bonds. The Hall–Kier alpha value is -4.02. The van der Waals surface area contributed by atoms with Crippen LogP contribution in [0.25, 0.3) is 10.2 Å². The van der Waals surface area contributed by atoms with E-state index in [1.165, 1.54) is 43.7 Å². The minimum Gasteiger partial charge on any atom is -0.496 e. The van der Waals surface area contributed by atoms with Crippen LogP contribution in [0, 0.1) is 24.1 Å². The Morgan fingerprint density at radius 2 is 2.00 bits per heavy atom. The van der Waals surface area contributed by atoms with Crippen molar-refractivity contribution in [1.82, 2.24) is 9.13 Å². The number of hydrogen-bond acceptors (Lipinski definition) is 9. The average molecular weight is 547 g/mol. The molecule has 0 radical (unpaired) electrons. The van der Waals surface area contributed by atoms with Crippen LogP contribution in [0.3, 0.4) is 0 Å². The quantitative estimate of drug-likeness (QED) is 0.284. The summed E-state index contributed by atoms with van der Waals surface area (Å²) in [5, 5.41) is 9.02. The van der Waals surface area contributed by atoms with Crippen molar-refractivity contribution in [3.8, 4) is 11.8 Å². The first-order valence-corrected chi connectivity index (χ1v) is 12.5. The van der Waals surface area contributed by atoms with Crippen LogP contribution in [0.1, 0.15) is 53.2 Å². The van der Waals surface area contributed by atoms with E-state index in [0.717, 1.165) is 11.3 Å². The monoisotopic (exact) mass is 546 g/mol. The third-order valence-electron chi connectivity index (χ3n) is 5.92. The molecule has 0 saturated carbocycles. The zero-order valence-corrected chi connectivity index (χ0v) is 22.1. The smallest absolute Gasteiger partial charge is 0.348 e. The molecule has 0 bridgehead atoms. The summed E-state index contributed by atoms with van der Waals surface area (Å²) in [6, 6.07) is 4.42. The number of primary amides is 1. The van der Waals surface area contributed by atoms with Gasteiger partial charge in [-0.3, -0.25) is 14.2 Å². The maximum atomic E-state index is 14.3. The summed E-state index contributed by atoms with van der Waals surface area (Å²) in [5.74, 6) is -1.91. The molecule has 0 aliphatic rings. The molecule has 11 nitrogen and oxygen atoms in total. The molecule has 0 spiro atoms. The van der Waals surface area contributed by atoms with Gasteiger partial charge in [-0.15, -0.1) is 11.3 Å². The lowest BCUT2D eigenvalue weighted by Gasteiger charge is -2.23. The average Bonchev–Trinajstić information content (AvgIpc) is 3.22. The highest BCUT2D eigenvalue weighted by atomic mass is 32.1. The number of aryl methyl sites for hydroxylation is 1. The van der Waals surface area contributed by atoms with Gasteiger partial charge in [0, 0.05) is 5.56 Å². The third-order valence-corrected chi connectivity index (χ3v) is 7.22. The van der Waals surface area contributed by atoms with Crippen molar-refractivity contribution >= 4 is 33.4 Å². The van der Waals surface area contributed by atoms with Gasteiger partial charge in [0.2, 0.25) is 5.91 Å². The van der Waals surface area contributed by atoms with Gasteiger partial charge in [-0.05, 0) is 44.5 Å². The van der Waals surface area contributed by atoms with Crippen LogP contribution in [-0.2, 0) is 20.8 Å². The van der Waals surface area contributed by atoms with E-state index in [2.05, 4.69) is 0 Å². The van der Waals surface area contributed by atoms with Crippen molar-refractivity contribution in [3.63, 3.8) is 0 Å². The molecular weight excluding hydrogens is 519 g/mol. The number of esters is 1. The van der Waals surface area contributed by atoms with E-state index in [1.807, 2.05) is 6.07 Å². The Kier molecular flexibility index (Phi) is 9.03. The fourth-order valence-corrected chi connectivity index (χ4v) is 5.19. The van der Waals surface area contributed by atoms with Gasteiger partial charge >= 0.3 is 11.7 Å². The molecule has 2 heterocycles. The van der Waals surface area contributed by atoms with E-state index in [-0.39, 0.29) is 58.1 Å². The summed E-state index contributed by atoms with van der Waals surface area (Å²) in [4.78, 5) is 52.0. The van der Waals surface area contributed by atoms with Gasteiger partial charge in [-0.1, -0.05) is 0 Å². The number of ether oxygens (including phenoxy) is 3. The number of nitriles is 1. The summed E-state index contributed by atoms with van der Waals surface area (Å²) in [5.41, 5.74) is 4.29. The van der Waals surface area contributed by atoms with E-state index >= 15 is 0 Å². The van der Waals surface area contributed by atoms with Crippen molar-refractivity contribution in [2.24, 2.45) is 5.73 Å². The largest absolute Gasteiger partial charge is 0.496 e. The van der Waals surface area contributed by atoms with E-state index in [0.29, 0.717) is 4.57 Å². The van der Waals surface area contributed by atoms with Crippen molar-refractivity contribution in [1.29, 1.82) is 5.26 Å². The van der Waals surface area contributed by atoms with Crippen LogP contribution in [0.15, 0.2) is 27.8 Å². The van der Waals surface area contributed by atoms with Crippen molar-refractivity contribution < 1.29 is 28.2 Å². The van der Waals surface area contributed by atoms with Crippen molar-refractivity contribution in [3.05, 3.63) is 60.9 Å². The minimum absolute atomic E-state index is 0.0156. The Labute approximate surface area is 220 Å². The fraction of sp³-hybridized carbons (Fsp3) is 0.400. The number of hydrogen-bond donors (Lipinski definition) is 1. The SMILES string of the molecule is CCOC(=O)c1sc2c(c1C)c(=O)n(C(C)C(N)=O)c(=O)n2C[C@H](OCCC#N)c1cc(F)ccc1OC. The highest BCUT2D eigenvalue weighted by molar-refractivity contribution is 7.20. The third kappa shape index (κ3) is 5.46. The summed E-state index contributed by atoms with van der Waals surface area (Å²) in [7, 11) is 1.39. The zero-order chi connectivity index (χ0) is 28.1. The van der Waals surface area contributed by atoms with Gasteiger partial charge in [0.15, 0.2) is 0 Å². The van der Waals surface area contributed by atoms with Crippen LogP contribution in [0.2, 0.25) is 0 Å². The number of carbonyl (C=O) groups excluding carboxylic acids is 2. The number of halogens is 1. The first-order valence-electron chi connectivity index (χ1n) is 11.6. The van der Waals surface area contributed by atoms with Crippen molar-refractivity contribution in [2.45, 2.75) is 45.9 Å². The molecule has 3 aromatic rings. The standard InChI is InChI=1S/C25H27FN4O7S/c1-5-36-24(33)20-13(2)19-22(32)30(14(3)21(28)31)25(34)29(23(19)38-20)12-18(37-10-6-9-27)16-11-15(26)7-8-17(16)35-4/h7-8,11,14,18H,5-6,10,12H2,1-4H3,(H2,28,31)/t14?,18-/m0/s1. The summed E-state index contributed by atoms with van der Waals surface area (Å²) >= 11 is 0.880. The normalized spacial score (nSPS) is 12.6. The molecule has 2 N–H and O–H groups in total. The molecule has 38 heavy (non-hydrogen) atoms. The topological polar surface area (TPSA) is 156 Å². The molecule has 0 aliphatic carbocycles. The van der Waals surface area contributed by atoms with E-state index < -0.39 is 41.1 Å². The molecule has 0 saturated heterocycles. The second-order valence-electron chi connectivity index (χ2n) is 8.26. The maximum absolute atomic E-state index is 14.3. The predicted molar refractivity (Wildman–Crippen MR) is 137 cm³/mol. The minimum atomic E-state index is -1.31. The Morgan fingerprint density at radius 1 is 1.29 bits per heavy atom. The summed E-state index contributed by atoms with van der Waals surface area (Å²) < 4.78 is 32.5. The number of amides is 1. The molecule has 0 aliphatic heterocycles. The highest BCUT2D eigenvalue weighted by Gasteiger charge is 2.29. The van der Waals surface area contributed by atoms with Gasteiger partial charge in [-0.25, -0.2) is 18.5 Å². The molecular formula is C25H27FN4O7S. The summed E-state index contributed by atoms with van der Waals surface area (Å²) in [6.45, 7) is 4.26. The first kappa shape index (κ1) is 28.5. The predicted octanol–water partition coefficient (Wildman–Crippen LogP) is 2.58. The van der Waals surface area contributed by atoms with Gasteiger partial charge < -0.3 is 19.9 Å². The number of methoxy groups -OCH3 is 1. The van der Waals surface area contributed by atoms with Crippen LogP contribution in [-0.4, -0.2) is 41.3 Å². The molecule has 1 aromatic carbocycles. The number of nitrogens with two attached hydrogens (primary N) is 1. The Morgan fingerprint density at radius 3 is 2.61 bits per heavy atom. The number of carbonyl (C=O) groups is 2. The number of aromatic nitrogens is 2. The highest BCUT2D eigenvalue weighted by Crippen LogP contribution is 2.33. The van der Waals surface area contributed by atoms with Crippen LogP contribution in [0.4, 0.5) is 4.39 Å². The van der Waals surface area contributed by atoms with Crippen molar-refractivity contribution in [2.75, 3.05) is 20.3 Å². The lowest BCUT2D eigenvalue weighted by atomic mass is 10.1. The van der Waals surface area contributed by atoms with E-state index in [9.17, 15) is 23.6 Å². The van der Waals surface area contributed by atoms with E-state index in [1.54, 1.807) is 6.92 Å². The zero-order valence-electron chi connectivity index (χ0n) is 21.3. The second-order valence-corrected chi connectivity index (χ2v) is 9.26. The van der Waals surface area contributed by atoms with Crippen LogP contribution >= 0.6 is 11.3 Å². The lowest BCUT2D eigenvalue weighted by Crippen LogP contribution is -2.45. The van der Waals surface area contributed by atoms with Crippen LogP contribution < -0.4 is 21.7 Å². The molecule has 202 valence electrons. The lowest BCUT2D eigenvalue weighted by molar-refractivity contribution is -0.120. The Balaban J connectivity index is 2.35. The molecule has 2 aromatic heterocycles. The number of fused-ring (bicyclic) bond motifs is 1. The first-order chi connectivity index (χ1) is 18.1. The van der Waals surface area contributed by atoms with Crippen LogP contribution in [0.5, 0.6) is 5.75 Å². The van der Waals surface area contributed by atoms with E-state index in [4.69, 9.17) is 25.2 Å². The maximum Gasteiger partial charge on any atom is 0.348 e. The molecule has 2 atom stereocenters.